The third kappa shape index (κ3) is 2.99. The molecule has 0 spiro atoms. The summed E-state index contributed by atoms with van der Waals surface area (Å²) >= 11 is 13.1. The van der Waals surface area contributed by atoms with E-state index in [0.717, 1.165) is 11.1 Å². The Kier molecular flexibility index (Phi) is 4.45. The van der Waals surface area contributed by atoms with Crippen molar-refractivity contribution < 1.29 is 5.11 Å². The fourth-order valence-electron chi connectivity index (χ4n) is 1.05. The van der Waals surface area contributed by atoms with Gasteiger partial charge in [-0.15, -0.1) is 11.3 Å². The van der Waals surface area contributed by atoms with Gasteiger partial charge in [-0.1, -0.05) is 43.1 Å². The van der Waals surface area contributed by atoms with Crippen molar-refractivity contribution in [2.45, 2.75) is 13.8 Å². The lowest BCUT2D eigenvalue weighted by molar-refractivity contribution is 0.320. The van der Waals surface area contributed by atoms with E-state index in [0.29, 0.717) is 14.6 Å². The Labute approximate surface area is 98.0 Å². The van der Waals surface area contributed by atoms with Crippen LogP contribution >= 0.6 is 34.5 Å². The lowest BCUT2D eigenvalue weighted by Gasteiger charge is -2.06. The average Bonchev–Trinajstić information content (AvgIpc) is 2.40. The molecule has 0 fully saturated rings. The van der Waals surface area contributed by atoms with Gasteiger partial charge in [-0.3, -0.25) is 0 Å². The molecule has 0 radical (unpaired) electrons. The molecule has 0 amide bonds. The summed E-state index contributed by atoms with van der Waals surface area (Å²) in [6.45, 7) is 4.12. The molecular weight excluding hydrogens is 239 g/mol. The van der Waals surface area contributed by atoms with Crippen molar-refractivity contribution in [1.82, 2.24) is 0 Å². The van der Waals surface area contributed by atoms with Gasteiger partial charge in [0, 0.05) is 5.56 Å². The van der Waals surface area contributed by atoms with E-state index < -0.39 is 0 Å². The number of halogens is 2. The summed E-state index contributed by atoms with van der Waals surface area (Å²) < 4.78 is 1.34. The predicted molar refractivity (Wildman–Crippen MR) is 64.2 cm³/mol. The molecular formula is C10H12Cl2OS. The minimum absolute atomic E-state index is 0.0570. The first-order valence-electron chi connectivity index (χ1n) is 4.30. The van der Waals surface area contributed by atoms with Gasteiger partial charge in [0.25, 0.3) is 0 Å². The van der Waals surface area contributed by atoms with E-state index in [4.69, 9.17) is 28.3 Å². The predicted octanol–water partition coefficient (Wildman–Crippen LogP) is 4.09. The highest BCUT2D eigenvalue weighted by Crippen LogP contribution is 2.33. The highest BCUT2D eigenvalue weighted by molar-refractivity contribution is 7.20. The number of rotatable bonds is 3. The SMILES string of the molecule is CC(C)/C(=C/c1cc(Cl)sc1Cl)CO. The fourth-order valence-corrected chi connectivity index (χ4v) is 2.46. The van der Waals surface area contributed by atoms with Crippen molar-refractivity contribution >= 4 is 40.6 Å². The average molecular weight is 251 g/mol. The topological polar surface area (TPSA) is 20.2 Å². The minimum atomic E-state index is 0.0570. The Morgan fingerprint density at radius 3 is 2.57 bits per heavy atom. The monoisotopic (exact) mass is 250 g/mol. The molecule has 1 aromatic heterocycles. The third-order valence-corrected chi connectivity index (χ3v) is 3.47. The highest BCUT2D eigenvalue weighted by atomic mass is 35.5. The first-order chi connectivity index (χ1) is 6.54. The Balaban J connectivity index is 3.00. The fraction of sp³-hybridized carbons (Fsp3) is 0.400. The number of aliphatic hydroxyl groups excluding tert-OH is 1. The third-order valence-electron chi connectivity index (χ3n) is 1.95. The van der Waals surface area contributed by atoms with Gasteiger partial charge in [0.05, 0.1) is 10.9 Å². The quantitative estimate of drug-likeness (QED) is 0.857. The van der Waals surface area contributed by atoms with Crippen molar-refractivity contribution in [3.05, 3.63) is 25.9 Å². The summed E-state index contributed by atoms with van der Waals surface area (Å²) in [5.74, 6) is 0.315. The lowest BCUT2D eigenvalue weighted by atomic mass is 10.0. The number of hydrogen-bond acceptors (Lipinski definition) is 2. The molecule has 1 aromatic rings. The second kappa shape index (κ2) is 5.17. The first-order valence-corrected chi connectivity index (χ1v) is 5.88. The maximum absolute atomic E-state index is 9.11. The molecule has 4 heteroatoms. The largest absolute Gasteiger partial charge is 0.392 e. The van der Waals surface area contributed by atoms with E-state index in [1.165, 1.54) is 11.3 Å². The van der Waals surface area contributed by atoms with Crippen LogP contribution in [0.25, 0.3) is 6.08 Å². The summed E-state index contributed by atoms with van der Waals surface area (Å²) in [5, 5.41) is 9.11. The second-order valence-corrected chi connectivity index (χ2v) is 5.60. The van der Waals surface area contributed by atoms with Crippen LogP contribution in [0.2, 0.25) is 8.67 Å². The van der Waals surface area contributed by atoms with Gasteiger partial charge < -0.3 is 5.11 Å². The zero-order chi connectivity index (χ0) is 10.7. The number of aliphatic hydroxyl groups is 1. The summed E-state index contributed by atoms with van der Waals surface area (Å²) in [6, 6.07) is 1.81. The molecule has 0 aliphatic heterocycles. The number of hydrogen-bond donors (Lipinski definition) is 1. The summed E-state index contributed by atoms with van der Waals surface area (Å²) in [7, 11) is 0. The van der Waals surface area contributed by atoms with Crippen LogP contribution in [0.5, 0.6) is 0 Å². The van der Waals surface area contributed by atoms with E-state index in [1.807, 2.05) is 26.0 Å². The molecule has 78 valence electrons. The van der Waals surface area contributed by atoms with Gasteiger partial charge >= 0.3 is 0 Å². The molecule has 0 unspecified atom stereocenters. The molecule has 14 heavy (non-hydrogen) atoms. The standard InChI is InChI=1S/C10H12Cl2OS/c1-6(2)8(5-13)3-7-4-9(11)14-10(7)12/h3-4,6,13H,5H2,1-2H3/b8-3+. The van der Waals surface area contributed by atoms with Crippen LogP contribution in [0, 0.1) is 5.92 Å². The van der Waals surface area contributed by atoms with Crippen LogP contribution in [0.1, 0.15) is 19.4 Å². The van der Waals surface area contributed by atoms with E-state index in [1.54, 1.807) is 0 Å². The summed E-state index contributed by atoms with van der Waals surface area (Å²) in [6.07, 6.45) is 1.90. The Morgan fingerprint density at radius 2 is 2.21 bits per heavy atom. The number of thiophene rings is 1. The maximum Gasteiger partial charge on any atom is 0.102 e. The molecule has 1 rings (SSSR count). The molecule has 0 saturated carbocycles. The van der Waals surface area contributed by atoms with Crippen molar-refractivity contribution in [2.24, 2.45) is 5.92 Å². The van der Waals surface area contributed by atoms with Crippen LogP contribution in [0.15, 0.2) is 11.6 Å². The van der Waals surface area contributed by atoms with Gasteiger partial charge in [0.1, 0.15) is 4.34 Å². The van der Waals surface area contributed by atoms with Gasteiger partial charge in [0.2, 0.25) is 0 Å². The molecule has 1 heterocycles. The van der Waals surface area contributed by atoms with Crippen molar-refractivity contribution in [3.63, 3.8) is 0 Å². The van der Waals surface area contributed by atoms with Crippen LogP contribution in [0.3, 0.4) is 0 Å². The van der Waals surface area contributed by atoms with Crippen LogP contribution in [-0.4, -0.2) is 11.7 Å². The molecule has 0 aliphatic rings. The molecule has 1 N–H and O–H groups in total. The van der Waals surface area contributed by atoms with E-state index in [9.17, 15) is 0 Å². The molecule has 0 bridgehead atoms. The summed E-state index contributed by atoms with van der Waals surface area (Å²) in [4.78, 5) is 0. The Bertz CT molecular complexity index is 342. The summed E-state index contributed by atoms with van der Waals surface area (Å²) in [5.41, 5.74) is 1.85. The van der Waals surface area contributed by atoms with Crippen LogP contribution < -0.4 is 0 Å². The van der Waals surface area contributed by atoms with Crippen LogP contribution in [-0.2, 0) is 0 Å². The maximum atomic E-state index is 9.11. The smallest absolute Gasteiger partial charge is 0.102 e. The van der Waals surface area contributed by atoms with Crippen LogP contribution in [0.4, 0.5) is 0 Å². The zero-order valence-corrected chi connectivity index (χ0v) is 10.4. The van der Waals surface area contributed by atoms with E-state index in [2.05, 4.69) is 0 Å². The highest BCUT2D eigenvalue weighted by Gasteiger charge is 2.07. The van der Waals surface area contributed by atoms with Crippen molar-refractivity contribution in [1.29, 1.82) is 0 Å². The Morgan fingerprint density at radius 1 is 1.57 bits per heavy atom. The first kappa shape index (κ1) is 12.1. The molecule has 1 nitrogen and oxygen atoms in total. The molecule has 0 aromatic carbocycles. The van der Waals surface area contributed by atoms with Gasteiger partial charge in [0.15, 0.2) is 0 Å². The minimum Gasteiger partial charge on any atom is -0.392 e. The molecule has 0 atom stereocenters. The van der Waals surface area contributed by atoms with E-state index >= 15 is 0 Å². The Hall–Kier alpha value is -0.0200. The second-order valence-electron chi connectivity index (χ2n) is 3.31. The lowest BCUT2D eigenvalue weighted by Crippen LogP contribution is -1.98. The van der Waals surface area contributed by atoms with Gasteiger partial charge in [-0.2, -0.15) is 0 Å². The van der Waals surface area contributed by atoms with Crippen molar-refractivity contribution in [2.75, 3.05) is 6.61 Å². The molecule has 0 saturated heterocycles. The van der Waals surface area contributed by atoms with Gasteiger partial charge in [-0.05, 0) is 17.6 Å². The normalized spacial score (nSPS) is 12.6. The van der Waals surface area contributed by atoms with Gasteiger partial charge in [-0.25, -0.2) is 0 Å². The van der Waals surface area contributed by atoms with Crippen molar-refractivity contribution in [3.8, 4) is 0 Å². The zero-order valence-electron chi connectivity index (χ0n) is 8.05. The van der Waals surface area contributed by atoms with E-state index in [-0.39, 0.29) is 6.61 Å². The molecule has 0 aliphatic carbocycles.